The summed E-state index contributed by atoms with van der Waals surface area (Å²) in [5.74, 6) is 0.823. The first kappa shape index (κ1) is 21.6. The van der Waals surface area contributed by atoms with Gasteiger partial charge in [-0.05, 0) is 25.0 Å². The van der Waals surface area contributed by atoms with Crippen LogP contribution in [0.5, 0.6) is 0 Å². The van der Waals surface area contributed by atoms with E-state index in [1.165, 1.54) is 0 Å². The Morgan fingerprint density at radius 3 is 1.64 bits per heavy atom. The van der Waals surface area contributed by atoms with Gasteiger partial charge in [-0.15, -0.1) is 0 Å². The molecule has 25 heavy (non-hydrogen) atoms. The zero-order valence-corrected chi connectivity index (χ0v) is 17.0. The fourth-order valence-electron chi connectivity index (χ4n) is 1.88. The Kier molecular flexibility index (Phi) is 9.08. The minimum atomic E-state index is -2.95. The summed E-state index contributed by atoms with van der Waals surface area (Å²) in [5, 5.41) is -0.0436. The average molecular weight is 381 g/mol. The lowest BCUT2D eigenvalue weighted by Gasteiger charge is -2.06. The van der Waals surface area contributed by atoms with E-state index in [-0.39, 0.29) is 16.3 Å². The SMILES string of the molecule is CC(C)S(=O)(=O)Cc1ccccc1.CC(C)S(=O)Cc1ccccc1. The molecular weight excluding hydrogens is 352 g/mol. The highest BCUT2D eigenvalue weighted by atomic mass is 32.2. The molecule has 0 heterocycles. The van der Waals surface area contributed by atoms with Gasteiger partial charge in [0.2, 0.25) is 0 Å². The second-order valence-corrected chi connectivity index (χ2v) is 11.0. The third-order valence-electron chi connectivity index (χ3n) is 3.61. The van der Waals surface area contributed by atoms with Crippen LogP contribution in [0.3, 0.4) is 0 Å². The molecule has 138 valence electrons. The van der Waals surface area contributed by atoms with E-state index in [1.807, 2.05) is 74.5 Å². The summed E-state index contributed by atoms with van der Waals surface area (Å²) in [6.07, 6.45) is 0. The molecule has 0 bridgehead atoms. The van der Waals surface area contributed by atoms with Gasteiger partial charge in [-0.1, -0.05) is 74.5 Å². The van der Waals surface area contributed by atoms with Crippen LogP contribution in [-0.4, -0.2) is 23.1 Å². The van der Waals surface area contributed by atoms with Crippen molar-refractivity contribution in [3.8, 4) is 0 Å². The van der Waals surface area contributed by atoms with Gasteiger partial charge in [-0.2, -0.15) is 0 Å². The van der Waals surface area contributed by atoms with Gasteiger partial charge in [0.1, 0.15) is 0 Å². The Bertz CT molecular complexity index is 737. The molecule has 0 fully saturated rings. The molecule has 2 rings (SSSR count). The van der Waals surface area contributed by atoms with Crippen molar-refractivity contribution in [2.24, 2.45) is 0 Å². The van der Waals surface area contributed by atoms with Crippen LogP contribution in [0.25, 0.3) is 0 Å². The van der Waals surface area contributed by atoms with E-state index in [9.17, 15) is 12.6 Å². The maximum Gasteiger partial charge on any atom is 0.156 e. The molecule has 0 aliphatic rings. The molecule has 2 aromatic rings. The van der Waals surface area contributed by atoms with Crippen LogP contribution in [0.4, 0.5) is 0 Å². The van der Waals surface area contributed by atoms with Crippen molar-refractivity contribution in [3.63, 3.8) is 0 Å². The van der Waals surface area contributed by atoms with E-state index in [1.54, 1.807) is 13.8 Å². The Hall–Kier alpha value is -1.46. The van der Waals surface area contributed by atoms with E-state index in [0.29, 0.717) is 5.75 Å². The first-order valence-corrected chi connectivity index (χ1v) is 11.5. The van der Waals surface area contributed by atoms with E-state index in [2.05, 4.69) is 0 Å². The average Bonchev–Trinajstić information content (AvgIpc) is 2.56. The van der Waals surface area contributed by atoms with Crippen LogP contribution in [0, 0.1) is 0 Å². The molecule has 0 aliphatic heterocycles. The van der Waals surface area contributed by atoms with Crippen molar-refractivity contribution >= 4 is 20.6 Å². The van der Waals surface area contributed by atoms with Crippen LogP contribution in [0.2, 0.25) is 0 Å². The predicted molar refractivity (Wildman–Crippen MR) is 108 cm³/mol. The molecule has 0 saturated heterocycles. The molecule has 0 radical (unpaired) electrons. The van der Waals surface area contributed by atoms with Crippen LogP contribution in [0.1, 0.15) is 38.8 Å². The number of benzene rings is 2. The first-order chi connectivity index (χ1) is 11.7. The van der Waals surface area contributed by atoms with Gasteiger partial charge in [0.25, 0.3) is 0 Å². The normalized spacial score (nSPS) is 12.6. The minimum absolute atomic E-state index is 0.144. The largest absolute Gasteiger partial charge is 0.259 e. The van der Waals surface area contributed by atoms with Crippen molar-refractivity contribution in [2.75, 3.05) is 0 Å². The highest BCUT2D eigenvalue weighted by Crippen LogP contribution is 2.10. The van der Waals surface area contributed by atoms with Gasteiger partial charge in [0.05, 0.1) is 11.0 Å². The molecule has 0 spiro atoms. The molecule has 0 aliphatic carbocycles. The van der Waals surface area contributed by atoms with Crippen molar-refractivity contribution in [2.45, 2.75) is 49.7 Å². The number of hydrogen-bond acceptors (Lipinski definition) is 3. The number of rotatable bonds is 6. The van der Waals surface area contributed by atoms with Gasteiger partial charge < -0.3 is 0 Å². The summed E-state index contributed by atoms with van der Waals surface area (Å²) in [6.45, 7) is 7.38. The minimum Gasteiger partial charge on any atom is -0.259 e. The van der Waals surface area contributed by atoms with Crippen LogP contribution in [0.15, 0.2) is 60.7 Å². The van der Waals surface area contributed by atoms with Gasteiger partial charge >= 0.3 is 0 Å². The van der Waals surface area contributed by atoms with E-state index < -0.39 is 20.6 Å². The van der Waals surface area contributed by atoms with Crippen molar-refractivity contribution in [1.82, 2.24) is 0 Å². The summed E-state index contributed by atoms with van der Waals surface area (Å²) in [6, 6.07) is 19.2. The Morgan fingerprint density at radius 1 is 0.800 bits per heavy atom. The molecule has 0 N–H and O–H groups in total. The molecule has 0 amide bonds. The maximum atomic E-state index is 11.5. The van der Waals surface area contributed by atoms with Crippen molar-refractivity contribution in [1.29, 1.82) is 0 Å². The topological polar surface area (TPSA) is 51.2 Å². The molecule has 1 unspecified atom stereocenters. The lowest BCUT2D eigenvalue weighted by molar-refractivity contribution is 0.586. The molecule has 3 nitrogen and oxygen atoms in total. The quantitative estimate of drug-likeness (QED) is 0.748. The lowest BCUT2D eigenvalue weighted by atomic mass is 10.2. The lowest BCUT2D eigenvalue weighted by Crippen LogP contribution is -2.15. The summed E-state index contributed by atoms with van der Waals surface area (Å²) in [4.78, 5) is 0. The molecule has 2 aromatic carbocycles. The van der Waals surface area contributed by atoms with Crippen LogP contribution >= 0.6 is 0 Å². The molecule has 0 aromatic heterocycles. The van der Waals surface area contributed by atoms with Gasteiger partial charge in [-0.25, -0.2) is 8.42 Å². The number of hydrogen-bond donors (Lipinski definition) is 0. The van der Waals surface area contributed by atoms with E-state index >= 15 is 0 Å². The van der Waals surface area contributed by atoms with Crippen LogP contribution in [-0.2, 0) is 32.1 Å². The summed E-state index contributed by atoms with van der Waals surface area (Å²) in [7, 11) is -3.67. The van der Waals surface area contributed by atoms with Gasteiger partial charge in [0.15, 0.2) is 9.84 Å². The third-order valence-corrected chi connectivity index (χ3v) is 7.45. The fourth-order valence-corrected chi connectivity index (χ4v) is 3.72. The third kappa shape index (κ3) is 8.45. The zero-order valence-electron chi connectivity index (χ0n) is 15.4. The second-order valence-electron chi connectivity index (χ2n) is 6.40. The molecule has 5 heteroatoms. The van der Waals surface area contributed by atoms with E-state index in [4.69, 9.17) is 0 Å². The highest BCUT2D eigenvalue weighted by Gasteiger charge is 2.15. The highest BCUT2D eigenvalue weighted by molar-refractivity contribution is 7.91. The van der Waals surface area contributed by atoms with Gasteiger partial charge in [0, 0.05) is 21.8 Å². The summed E-state index contributed by atoms with van der Waals surface area (Å²) < 4.78 is 34.4. The van der Waals surface area contributed by atoms with Crippen molar-refractivity contribution in [3.05, 3.63) is 71.8 Å². The smallest absolute Gasteiger partial charge is 0.156 e. The Morgan fingerprint density at radius 2 is 1.24 bits per heavy atom. The summed E-state index contributed by atoms with van der Waals surface area (Å²) >= 11 is 0. The predicted octanol–water partition coefficient (Wildman–Crippen LogP) is 4.35. The second kappa shape index (κ2) is 10.5. The molecule has 0 saturated carbocycles. The van der Waals surface area contributed by atoms with Crippen LogP contribution < -0.4 is 0 Å². The Labute approximate surface area is 154 Å². The standard InChI is InChI=1S/C10H14O2S.C10H14OS/c1-9(2)13(11,12)8-10-6-4-3-5-7-10;1-9(2)12(11)8-10-6-4-3-5-7-10/h3-7,9H,8H2,1-2H3;3-7,9H,8H2,1-2H3. The fraction of sp³-hybridized carbons (Fsp3) is 0.400. The van der Waals surface area contributed by atoms with Gasteiger partial charge in [-0.3, -0.25) is 4.21 Å². The Balaban J connectivity index is 0.000000251. The molecule has 1 atom stereocenters. The number of sulfone groups is 1. The van der Waals surface area contributed by atoms with Crippen molar-refractivity contribution < 1.29 is 12.6 Å². The molecular formula is C20H28O3S2. The maximum absolute atomic E-state index is 11.5. The van der Waals surface area contributed by atoms with E-state index in [0.717, 1.165) is 11.1 Å². The summed E-state index contributed by atoms with van der Waals surface area (Å²) in [5.41, 5.74) is 2.01. The monoisotopic (exact) mass is 380 g/mol. The zero-order chi connectivity index (χ0) is 18.9. The first-order valence-electron chi connectivity index (χ1n) is 8.39.